The number of rotatable bonds is 3. The summed E-state index contributed by atoms with van der Waals surface area (Å²) < 4.78 is 0. The molecule has 0 amide bonds. The zero-order valence-electron chi connectivity index (χ0n) is 21.5. The Balaban J connectivity index is 1.46. The van der Waals surface area contributed by atoms with E-state index in [0.717, 1.165) is 33.9 Å². The summed E-state index contributed by atoms with van der Waals surface area (Å²) in [6.07, 6.45) is 0. The van der Waals surface area contributed by atoms with Gasteiger partial charge in [0.2, 0.25) is 5.95 Å². The fourth-order valence-corrected chi connectivity index (χ4v) is 6.76. The van der Waals surface area contributed by atoms with E-state index in [9.17, 15) is 0 Å². The largest absolute Gasteiger partial charge is 0.276 e. The summed E-state index contributed by atoms with van der Waals surface area (Å²) in [4.78, 5) is 15.2. The van der Waals surface area contributed by atoms with E-state index >= 15 is 0 Å². The SMILES string of the molecule is c1ccc(-c2cc(-c3ccccc3)nc(N3c4ccc5ccccc5c4Sc4ccc5ccccc5c43)n2)cc1. The lowest BCUT2D eigenvalue weighted by molar-refractivity contribution is 1.06. The van der Waals surface area contributed by atoms with Crippen LogP contribution < -0.4 is 4.90 Å². The molecule has 0 atom stereocenters. The number of hydrogen-bond acceptors (Lipinski definition) is 4. The summed E-state index contributed by atoms with van der Waals surface area (Å²) in [5.41, 5.74) is 6.13. The summed E-state index contributed by atoms with van der Waals surface area (Å²) in [6.45, 7) is 0. The lowest BCUT2D eigenvalue weighted by atomic mass is 10.0. The van der Waals surface area contributed by atoms with Crippen molar-refractivity contribution in [2.45, 2.75) is 9.79 Å². The van der Waals surface area contributed by atoms with Gasteiger partial charge in [0.15, 0.2) is 0 Å². The van der Waals surface area contributed by atoms with Crippen LogP contribution in [0.3, 0.4) is 0 Å². The minimum absolute atomic E-state index is 0.662. The summed E-state index contributed by atoms with van der Waals surface area (Å²) in [6, 6.07) is 48.9. The summed E-state index contributed by atoms with van der Waals surface area (Å²) >= 11 is 1.83. The smallest absolute Gasteiger partial charge is 0.235 e. The molecule has 8 rings (SSSR count). The standard InChI is InChI=1S/C36H23N3S/c1-3-13-26(14-4-1)30-23-31(27-15-5-2-6-16-27)38-36(37-30)39-32-21-19-25-12-8-10-18-29(25)35(32)40-33-22-20-24-11-7-9-17-28(24)34(33)39/h1-23H. The van der Waals surface area contributed by atoms with Crippen molar-refractivity contribution in [3.05, 3.63) is 140 Å². The summed E-state index contributed by atoms with van der Waals surface area (Å²) in [5, 5.41) is 4.83. The van der Waals surface area contributed by atoms with Crippen molar-refractivity contribution in [3.63, 3.8) is 0 Å². The lowest BCUT2D eigenvalue weighted by Gasteiger charge is -2.33. The Morgan fingerprint density at radius 3 is 1.73 bits per heavy atom. The number of aromatic nitrogens is 2. The molecule has 4 heteroatoms. The van der Waals surface area contributed by atoms with Gasteiger partial charge >= 0.3 is 0 Å². The van der Waals surface area contributed by atoms with E-state index in [1.165, 1.54) is 31.3 Å². The van der Waals surface area contributed by atoms with E-state index in [1.54, 1.807) is 0 Å². The second-order valence-corrected chi connectivity index (χ2v) is 10.9. The maximum absolute atomic E-state index is 5.24. The Morgan fingerprint density at radius 2 is 1.05 bits per heavy atom. The summed E-state index contributed by atoms with van der Waals surface area (Å²) in [7, 11) is 0. The number of nitrogens with zero attached hydrogens (tertiary/aromatic N) is 3. The quantitative estimate of drug-likeness (QED) is 0.228. The van der Waals surface area contributed by atoms with Gasteiger partial charge in [-0.25, -0.2) is 9.97 Å². The highest BCUT2D eigenvalue weighted by Gasteiger charge is 2.30. The van der Waals surface area contributed by atoms with Gasteiger partial charge in [-0.05, 0) is 34.4 Å². The molecule has 0 spiro atoms. The molecule has 0 aliphatic carbocycles. The van der Waals surface area contributed by atoms with Crippen molar-refractivity contribution in [1.82, 2.24) is 9.97 Å². The molecule has 0 saturated carbocycles. The highest BCUT2D eigenvalue weighted by Crippen LogP contribution is 2.55. The first kappa shape index (κ1) is 23.0. The number of hydrogen-bond donors (Lipinski definition) is 0. The molecule has 188 valence electrons. The van der Waals surface area contributed by atoms with Crippen LogP contribution in [0.2, 0.25) is 0 Å². The molecule has 2 heterocycles. The Bertz CT molecular complexity index is 1980. The maximum Gasteiger partial charge on any atom is 0.235 e. The van der Waals surface area contributed by atoms with Gasteiger partial charge < -0.3 is 0 Å². The first-order valence-corrected chi connectivity index (χ1v) is 14.2. The van der Waals surface area contributed by atoms with Gasteiger partial charge in [-0.2, -0.15) is 0 Å². The molecule has 1 aliphatic heterocycles. The minimum Gasteiger partial charge on any atom is -0.276 e. The Kier molecular flexibility index (Phi) is 5.39. The molecule has 3 nitrogen and oxygen atoms in total. The van der Waals surface area contributed by atoms with Crippen LogP contribution in [-0.4, -0.2) is 9.97 Å². The molecule has 7 aromatic rings. The van der Waals surface area contributed by atoms with Crippen molar-refractivity contribution in [1.29, 1.82) is 0 Å². The van der Waals surface area contributed by atoms with Crippen LogP contribution in [0.4, 0.5) is 17.3 Å². The molecule has 0 unspecified atom stereocenters. The van der Waals surface area contributed by atoms with Crippen molar-refractivity contribution >= 4 is 50.6 Å². The number of fused-ring (bicyclic) bond motifs is 6. The average molecular weight is 530 g/mol. The van der Waals surface area contributed by atoms with E-state index in [4.69, 9.17) is 9.97 Å². The molecule has 0 N–H and O–H groups in total. The predicted molar refractivity (Wildman–Crippen MR) is 167 cm³/mol. The van der Waals surface area contributed by atoms with Crippen LogP contribution in [0.1, 0.15) is 0 Å². The monoisotopic (exact) mass is 529 g/mol. The van der Waals surface area contributed by atoms with Gasteiger partial charge in [-0.15, -0.1) is 0 Å². The molecule has 1 aromatic heterocycles. The molecule has 1 aliphatic rings. The van der Waals surface area contributed by atoms with Crippen molar-refractivity contribution < 1.29 is 0 Å². The zero-order chi connectivity index (χ0) is 26.5. The normalized spacial score (nSPS) is 12.3. The lowest BCUT2D eigenvalue weighted by Crippen LogP contribution is -2.18. The van der Waals surface area contributed by atoms with Gasteiger partial charge in [0.1, 0.15) is 0 Å². The fraction of sp³-hybridized carbons (Fsp3) is 0. The van der Waals surface area contributed by atoms with Crippen molar-refractivity contribution in [2.24, 2.45) is 0 Å². The van der Waals surface area contributed by atoms with Gasteiger partial charge in [-0.1, -0.05) is 133 Å². The van der Waals surface area contributed by atoms with Gasteiger partial charge in [0, 0.05) is 26.3 Å². The Labute approximate surface area is 236 Å². The third kappa shape index (κ3) is 3.76. The predicted octanol–water partition coefficient (Wildman–Crippen LogP) is 10.1. The fourth-order valence-electron chi connectivity index (χ4n) is 5.55. The van der Waals surface area contributed by atoms with E-state index < -0.39 is 0 Å². The number of anilines is 3. The molecule has 0 saturated heterocycles. The van der Waals surface area contributed by atoms with Gasteiger partial charge in [0.05, 0.1) is 22.8 Å². The first-order chi connectivity index (χ1) is 19.8. The minimum atomic E-state index is 0.662. The second kappa shape index (κ2) is 9.37. The van der Waals surface area contributed by atoms with E-state index in [0.29, 0.717) is 5.95 Å². The topological polar surface area (TPSA) is 29.0 Å². The number of benzene rings is 6. The van der Waals surface area contributed by atoms with Crippen molar-refractivity contribution in [3.8, 4) is 22.5 Å². The van der Waals surface area contributed by atoms with Crippen LogP contribution in [0.25, 0.3) is 44.1 Å². The van der Waals surface area contributed by atoms with Crippen LogP contribution in [0.15, 0.2) is 149 Å². The first-order valence-electron chi connectivity index (χ1n) is 13.3. The highest BCUT2D eigenvalue weighted by molar-refractivity contribution is 8.00. The average Bonchev–Trinajstić information content (AvgIpc) is 3.04. The van der Waals surface area contributed by atoms with E-state index in [2.05, 4.69) is 132 Å². The highest BCUT2D eigenvalue weighted by atomic mass is 32.2. The zero-order valence-corrected chi connectivity index (χ0v) is 22.3. The van der Waals surface area contributed by atoms with Crippen LogP contribution >= 0.6 is 11.8 Å². The molecule has 0 fully saturated rings. The van der Waals surface area contributed by atoms with Crippen LogP contribution in [0.5, 0.6) is 0 Å². The Hall–Kier alpha value is -4.93. The van der Waals surface area contributed by atoms with Crippen molar-refractivity contribution in [2.75, 3.05) is 4.90 Å². The Morgan fingerprint density at radius 1 is 0.500 bits per heavy atom. The van der Waals surface area contributed by atoms with Gasteiger partial charge in [0.25, 0.3) is 0 Å². The van der Waals surface area contributed by atoms with E-state index in [1.807, 2.05) is 23.9 Å². The third-order valence-electron chi connectivity index (χ3n) is 7.45. The second-order valence-electron chi connectivity index (χ2n) is 9.88. The molecular weight excluding hydrogens is 506 g/mol. The van der Waals surface area contributed by atoms with Gasteiger partial charge in [-0.3, -0.25) is 4.90 Å². The van der Waals surface area contributed by atoms with E-state index in [-0.39, 0.29) is 0 Å². The molecule has 0 bridgehead atoms. The maximum atomic E-state index is 5.24. The third-order valence-corrected chi connectivity index (χ3v) is 8.63. The molecule has 0 radical (unpaired) electrons. The van der Waals surface area contributed by atoms with Crippen LogP contribution in [0, 0.1) is 0 Å². The van der Waals surface area contributed by atoms with Crippen LogP contribution in [-0.2, 0) is 0 Å². The molecule has 40 heavy (non-hydrogen) atoms. The summed E-state index contributed by atoms with van der Waals surface area (Å²) in [5.74, 6) is 0.662. The molecule has 6 aromatic carbocycles. The molecular formula is C36H23N3S.